The summed E-state index contributed by atoms with van der Waals surface area (Å²) < 4.78 is 0. The smallest absolute Gasteiger partial charge is 0.344 e. The van der Waals surface area contributed by atoms with Crippen molar-refractivity contribution in [3.63, 3.8) is 0 Å². The van der Waals surface area contributed by atoms with Gasteiger partial charge in [0.05, 0.1) is 5.71 Å². The number of aliphatic carboxylic acids is 1. The maximum atomic E-state index is 9.96. The highest BCUT2D eigenvalue weighted by atomic mass is 16.6. The monoisotopic (exact) mass is 157 g/mol. The van der Waals surface area contributed by atoms with E-state index in [9.17, 15) is 4.79 Å². The third kappa shape index (κ3) is 2.57. The molecule has 1 rings (SSSR count). The van der Waals surface area contributed by atoms with Gasteiger partial charge in [0.1, 0.15) is 0 Å². The molecule has 0 aromatic rings. The van der Waals surface area contributed by atoms with Crippen molar-refractivity contribution in [2.24, 2.45) is 11.1 Å². The molecule has 62 valence electrons. The van der Waals surface area contributed by atoms with E-state index in [1.807, 2.05) is 0 Å². The SMILES string of the molecule is CC1CC(=NOCC(=O)O)C1. The van der Waals surface area contributed by atoms with Crippen LogP contribution in [-0.4, -0.2) is 23.4 Å². The molecule has 0 spiro atoms. The van der Waals surface area contributed by atoms with Crippen molar-refractivity contribution >= 4 is 11.7 Å². The van der Waals surface area contributed by atoms with Crippen LogP contribution >= 0.6 is 0 Å². The van der Waals surface area contributed by atoms with Crippen LogP contribution in [0.5, 0.6) is 0 Å². The van der Waals surface area contributed by atoms with Crippen molar-refractivity contribution in [2.45, 2.75) is 19.8 Å². The Hall–Kier alpha value is -1.06. The molecule has 1 fully saturated rings. The predicted octanol–water partition coefficient (Wildman–Crippen LogP) is 0.874. The zero-order valence-corrected chi connectivity index (χ0v) is 6.41. The fourth-order valence-electron chi connectivity index (χ4n) is 0.998. The molecule has 0 radical (unpaired) electrons. The molecule has 0 amide bonds. The Kier molecular flexibility index (Phi) is 2.46. The second kappa shape index (κ2) is 3.37. The molecule has 0 heterocycles. The van der Waals surface area contributed by atoms with Crippen LogP contribution in [0.25, 0.3) is 0 Å². The molecular weight excluding hydrogens is 146 g/mol. The molecule has 0 aromatic heterocycles. The molecule has 1 N–H and O–H groups in total. The maximum Gasteiger partial charge on any atom is 0.344 e. The molecule has 0 aromatic carbocycles. The highest BCUT2D eigenvalue weighted by Crippen LogP contribution is 2.22. The number of nitrogens with zero attached hydrogens (tertiary/aromatic N) is 1. The normalized spacial score (nSPS) is 22.3. The first-order valence-electron chi connectivity index (χ1n) is 3.58. The highest BCUT2D eigenvalue weighted by Gasteiger charge is 2.20. The third-order valence-electron chi connectivity index (χ3n) is 1.55. The van der Waals surface area contributed by atoms with Gasteiger partial charge in [0.15, 0.2) is 0 Å². The van der Waals surface area contributed by atoms with E-state index in [0.717, 1.165) is 18.6 Å². The zero-order valence-electron chi connectivity index (χ0n) is 6.41. The van der Waals surface area contributed by atoms with E-state index in [1.165, 1.54) is 0 Å². The quantitative estimate of drug-likeness (QED) is 0.618. The summed E-state index contributed by atoms with van der Waals surface area (Å²) >= 11 is 0. The predicted molar refractivity (Wildman–Crippen MR) is 39.4 cm³/mol. The van der Waals surface area contributed by atoms with Gasteiger partial charge in [0, 0.05) is 0 Å². The van der Waals surface area contributed by atoms with E-state index in [2.05, 4.69) is 16.9 Å². The molecule has 1 saturated carbocycles. The van der Waals surface area contributed by atoms with Crippen LogP contribution in [0.1, 0.15) is 19.8 Å². The van der Waals surface area contributed by atoms with Gasteiger partial charge in [-0.05, 0) is 18.8 Å². The summed E-state index contributed by atoms with van der Waals surface area (Å²) in [6.07, 6.45) is 1.89. The van der Waals surface area contributed by atoms with Gasteiger partial charge < -0.3 is 9.94 Å². The Morgan fingerprint density at radius 2 is 2.45 bits per heavy atom. The van der Waals surface area contributed by atoms with Crippen molar-refractivity contribution in [1.82, 2.24) is 0 Å². The molecular formula is C7H11NO3. The standard InChI is InChI=1S/C7H11NO3/c1-5-2-6(3-5)8-11-4-7(9)10/h5H,2-4H2,1H3,(H,9,10). The minimum Gasteiger partial charge on any atom is -0.479 e. The molecule has 1 aliphatic carbocycles. The average Bonchev–Trinajstić information content (AvgIpc) is 1.83. The lowest BCUT2D eigenvalue weighted by molar-refractivity contribution is -0.142. The maximum absolute atomic E-state index is 9.96. The van der Waals surface area contributed by atoms with E-state index in [0.29, 0.717) is 5.92 Å². The van der Waals surface area contributed by atoms with Crippen LogP contribution < -0.4 is 0 Å². The number of carboxylic acids is 1. The zero-order chi connectivity index (χ0) is 8.27. The summed E-state index contributed by atoms with van der Waals surface area (Å²) in [7, 11) is 0. The van der Waals surface area contributed by atoms with Crippen LogP contribution in [0.4, 0.5) is 0 Å². The molecule has 0 unspecified atom stereocenters. The van der Waals surface area contributed by atoms with Crippen molar-refractivity contribution in [2.75, 3.05) is 6.61 Å². The van der Waals surface area contributed by atoms with Gasteiger partial charge in [-0.15, -0.1) is 0 Å². The molecule has 4 heteroatoms. The number of oxime groups is 1. The lowest BCUT2D eigenvalue weighted by Gasteiger charge is -2.22. The van der Waals surface area contributed by atoms with Crippen LogP contribution in [-0.2, 0) is 9.63 Å². The Morgan fingerprint density at radius 3 is 2.91 bits per heavy atom. The molecule has 0 atom stereocenters. The Morgan fingerprint density at radius 1 is 1.82 bits per heavy atom. The van der Waals surface area contributed by atoms with E-state index in [1.54, 1.807) is 0 Å². The molecule has 4 nitrogen and oxygen atoms in total. The largest absolute Gasteiger partial charge is 0.479 e. The molecule has 0 aliphatic heterocycles. The Bertz CT molecular complexity index is 180. The van der Waals surface area contributed by atoms with Gasteiger partial charge in [-0.2, -0.15) is 0 Å². The lowest BCUT2D eigenvalue weighted by Crippen LogP contribution is -2.21. The summed E-state index contributed by atoms with van der Waals surface area (Å²) in [5.74, 6) is -0.302. The van der Waals surface area contributed by atoms with Crippen LogP contribution in [0.2, 0.25) is 0 Å². The van der Waals surface area contributed by atoms with Crippen LogP contribution in [0.15, 0.2) is 5.16 Å². The van der Waals surface area contributed by atoms with Crippen molar-refractivity contribution in [1.29, 1.82) is 0 Å². The fourth-order valence-corrected chi connectivity index (χ4v) is 0.998. The second-order valence-corrected chi connectivity index (χ2v) is 2.84. The summed E-state index contributed by atoms with van der Waals surface area (Å²) in [5.41, 5.74) is 0.971. The number of rotatable bonds is 3. The van der Waals surface area contributed by atoms with Gasteiger partial charge in [0.25, 0.3) is 0 Å². The van der Waals surface area contributed by atoms with Gasteiger partial charge in [-0.1, -0.05) is 12.1 Å². The molecule has 0 saturated heterocycles. The van der Waals surface area contributed by atoms with Gasteiger partial charge in [-0.25, -0.2) is 4.79 Å². The van der Waals surface area contributed by atoms with E-state index in [-0.39, 0.29) is 6.61 Å². The van der Waals surface area contributed by atoms with Crippen molar-refractivity contribution in [3.05, 3.63) is 0 Å². The average molecular weight is 157 g/mol. The minimum atomic E-state index is -0.985. The minimum absolute atomic E-state index is 0.335. The first-order chi connectivity index (χ1) is 5.18. The summed E-state index contributed by atoms with van der Waals surface area (Å²) in [4.78, 5) is 14.5. The lowest BCUT2D eigenvalue weighted by atomic mass is 9.85. The van der Waals surface area contributed by atoms with Crippen molar-refractivity contribution in [3.8, 4) is 0 Å². The van der Waals surface area contributed by atoms with Crippen molar-refractivity contribution < 1.29 is 14.7 Å². The molecule has 0 bridgehead atoms. The Labute approximate surface area is 64.8 Å². The van der Waals surface area contributed by atoms with Gasteiger partial charge >= 0.3 is 5.97 Å². The summed E-state index contributed by atoms with van der Waals surface area (Å²) in [5, 5.41) is 11.8. The highest BCUT2D eigenvalue weighted by molar-refractivity contribution is 5.89. The van der Waals surface area contributed by atoms with Gasteiger partial charge in [0.2, 0.25) is 6.61 Å². The summed E-state index contributed by atoms with van der Waals surface area (Å²) in [6, 6.07) is 0. The van der Waals surface area contributed by atoms with Crippen LogP contribution in [0.3, 0.4) is 0 Å². The van der Waals surface area contributed by atoms with E-state index >= 15 is 0 Å². The molecule has 11 heavy (non-hydrogen) atoms. The first kappa shape index (κ1) is 8.04. The number of carbonyl (C=O) groups is 1. The number of hydrogen-bond acceptors (Lipinski definition) is 3. The number of carboxylic acid groups (broad SMARTS) is 1. The van der Waals surface area contributed by atoms with Crippen LogP contribution in [0, 0.1) is 5.92 Å². The fraction of sp³-hybridized carbons (Fsp3) is 0.714. The third-order valence-corrected chi connectivity index (χ3v) is 1.55. The topological polar surface area (TPSA) is 58.9 Å². The van der Waals surface area contributed by atoms with Gasteiger partial charge in [-0.3, -0.25) is 0 Å². The van der Waals surface area contributed by atoms with E-state index in [4.69, 9.17) is 5.11 Å². The molecule has 1 aliphatic rings. The second-order valence-electron chi connectivity index (χ2n) is 2.84. The summed E-state index contributed by atoms with van der Waals surface area (Å²) in [6.45, 7) is 1.79. The Balaban J connectivity index is 2.11. The first-order valence-corrected chi connectivity index (χ1v) is 3.58. The number of hydrogen-bond donors (Lipinski definition) is 1. The van der Waals surface area contributed by atoms with E-state index < -0.39 is 5.97 Å².